The van der Waals surface area contributed by atoms with Crippen LogP contribution in [0.15, 0.2) is 24.3 Å². The highest BCUT2D eigenvalue weighted by molar-refractivity contribution is 5.93. The van der Waals surface area contributed by atoms with Crippen molar-refractivity contribution in [3.05, 3.63) is 41.2 Å². The molecule has 0 unspecified atom stereocenters. The standard InChI is InChI=1S/C18H23N3O4/c1-12-16(13(2)21(4)19-12)9-10-17(22)20(3)14-5-7-15(8-6-14)25-11-18(23)24/h5-8H,9-11H2,1-4H3,(H,23,24). The maximum atomic E-state index is 12.4. The molecule has 1 aromatic heterocycles. The zero-order valence-electron chi connectivity index (χ0n) is 14.9. The van der Waals surface area contributed by atoms with Gasteiger partial charge < -0.3 is 14.7 Å². The molecule has 7 nitrogen and oxygen atoms in total. The van der Waals surface area contributed by atoms with Gasteiger partial charge in [0.05, 0.1) is 5.69 Å². The number of ether oxygens (including phenoxy) is 1. The van der Waals surface area contributed by atoms with Crippen LogP contribution in [-0.2, 0) is 23.1 Å². The summed E-state index contributed by atoms with van der Waals surface area (Å²) in [6.07, 6.45) is 1.04. The van der Waals surface area contributed by atoms with E-state index in [0.717, 1.165) is 22.6 Å². The first-order chi connectivity index (χ1) is 11.8. The lowest BCUT2D eigenvalue weighted by atomic mass is 10.1. The minimum atomic E-state index is -1.03. The van der Waals surface area contributed by atoms with Crippen LogP contribution >= 0.6 is 0 Å². The molecule has 0 fully saturated rings. The summed E-state index contributed by atoms with van der Waals surface area (Å²) < 4.78 is 6.91. The maximum absolute atomic E-state index is 12.4. The summed E-state index contributed by atoms with van der Waals surface area (Å²) in [6.45, 7) is 3.56. The molecule has 1 heterocycles. The van der Waals surface area contributed by atoms with E-state index in [1.807, 2.05) is 25.6 Å². The number of aryl methyl sites for hydroxylation is 2. The highest BCUT2D eigenvalue weighted by Crippen LogP contribution is 2.20. The van der Waals surface area contributed by atoms with Crippen molar-refractivity contribution >= 4 is 17.6 Å². The van der Waals surface area contributed by atoms with Crippen LogP contribution in [0.5, 0.6) is 5.75 Å². The number of carboxylic acids is 1. The Hall–Kier alpha value is -2.83. The normalized spacial score (nSPS) is 10.6. The fraction of sp³-hybridized carbons (Fsp3) is 0.389. The Balaban J connectivity index is 1.96. The number of aromatic nitrogens is 2. The Morgan fingerprint density at radius 3 is 2.40 bits per heavy atom. The van der Waals surface area contributed by atoms with E-state index in [-0.39, 0.29) is 5.91 Å². The molecule has 1 N–H and O–H groups in total. The van der Waals surface area contributed by atoms with Crippen LogP contribution < -0.4 is 9.64 Å². The van der Waals surface area contributed by atoms with Gasteiger partial charge in [0.15, 0.2) is 6.61 Å². The number of hydrogen-bond donors (Lipinski definition) is 1. The lowest BCUT2D eigenvalue weighted by Gasteiger charge is -2.18. The van der Waals surface area contributed by atoms with Gasteiger partial charge in [0.2, 0.25) is 5.91 Å². The summed E-state index contributed by atoms with van der Waals surface area (Å²) in [5.41, 5.74) is 3.87. The molecule has 134 valence electrons. The molecule has 2 rings (SSSR count). The molecule has 1 aromatic carbocycles. The highest BCUT2D eigenvalue weighted by Gasteiger charge is 2.15. The van der Waals surface area contributed by atoms with E-state index in [1.54, 1.807) is 36.2 Å². The average Bonchev–Trinajstić information content (AvgIpc) is 2.83. The number of carboxylic acid groups (broad SMARTS) is 1. The minimum absolute atomic E-state index is 0.00172. The van der Waals surface area contributed by atoms with Crippen molar-refractivity contribution < 1.29 is 19.4 Å². The molecule has 0 aliphatic carbocycles. The van der Waals surface area contributed by atoms with E-state index in [9.17, 15) is 9.59 Å². The molecule has 7 heteroatoms. The molecule has 1 amide bonds. The first-order valence-corrected chi connectivity index (χ1v) is 8.00. The van der Waals surface area contributed by atoms with Crippen LogP contribution in [0.1, 0.15) is 23.4 Å². The number of anilines is 1. The summed E-state index contributed by atoms with van der Waals surface area (Å²) in [6, 6.07) is 6.76. The average molecular weight is 345 g/mol. The van der Waals surface area contributed by atoms with Crippen LogP contribution in [0.3, 0.4) is 0 Å². The zero-order chi connectivity index (χ0) is 18.6. The number of carbonyl (C=O) groups excluding carboxylic acids is 1. The van der Waals surface area contributed by atoms with Crippen molar-refractivity contribution in [2.75, 3.05) is 18.6 Å². The van der Waals surface area contributed by atoms with Gasteiger partial charge in [0.1, 0.15) is 5.75 Å². The van der Waals surface area contributed by atoms with Crippen LogP contribution in [0.25, 0.3) is 0 Å². The number of hydrogen-bond acceptors (Lipinski definition) is 4. The Labute approximate surface area is 146 Å². The van der Waals surface area contributed by atoms with Gasteiger partial charge in [0.25, 0.3) is 0 Å². The van der Waals surface area contributed by atoms with Crippen molar-refractivity contribution in [3.63, 3.8) is 0 Å². The minimum Gasteiger partial charge on any atom is -0.482 e. The first kappa shape index (κ1) is 18.5. The van der Waals surface area contributed by atoms with E-state index in [4.69, 9.17) is 9.84 Å². The molecule has 0 aliphatic rings. The first-order valence-electron chi connectivity index (χ1n) is 8.00. The van der Waals surface area contributed by atoms with Crippen molar-refractivity contribution in [1.82, 2.24) is 9.78 Å². The van der Waals surface area contributed by atoms with Gasteiger partial charge in [-0.1, -0.05) is 0 Å². The molecule has 0 atom stereocenters. The molecule has 0 saturated heterocycles. The molecular formula is C18H23N3O4. The second-order valence-corrected chi connectivity index (χ2v) is 5.90. The Kier molecular flexibility index (Phi) is 5.80. The lowest BCUT2D eigenvalue weighted by Crippen LogP contribution is -2.26. The Bertz CT molecular complexity index is 765. The molecule has 0 aliphatic heterocycles. The quantitative estimate of drug-likeness (QED) is 0.831. The fourth-order valence-electron chi connectivity index (χ4n) is 2.63. The van der Waals surface area contributed by atoms with E-state index in [0.29, 0.717) is 18.6 Å². The number of nitrogens with zero attached hydrogens (tertiary/aromatic N) is 3. The Morgan fingerprint density at radius 1 is 1.24 bits per heavy atom. The monoisotopic (exact) mass is 345 g/mol. The van der Waals surface area contributed by atoms with E-state index < -0.39 is 12.6 Å². The van der Waals surface area contributed by atoms with E-state index in [1.165, 1.54) is 0 Å². The number of rotatable bonds is 7. The fourth-order valence-corrected chi connectivity index (χ4v) is 2.63. The number of aliphatic carboxylic acids is 1. The van der Waals surface area contributed by atoms with Gasteiger partial charge in [0, 0.05) is 31.9 Å². The number of benzene rings is 1. The van der Waals surface area contributed by atoms with Gasteiger partial charge >= 0.3 is 5.97 Å². The molecule has 0 saturated carbocycles. The van der Waals surface area contributed by atoms with Gasteiger partial charge in [-0.15, -0.1) is 0 Å². The van der Waals surface area contributed by atoms with Crippen LogP contribution in [0.2, 0.25) is 0 Å². The van der Waals surface area contributed by atoms with E-state index >= 15 is 0 Å². The summed E-state index contributed by atoms with van der Waals surface area (Å²) in [5, 5.41) is 13.0. The second kappa shape index (κ2) is 7.83. The molecule has 0 radical (unpaired) electrons. The summed E-state index contributed by atoms with van der Waals surface area (Å²) in [4.78, 5) is 24.5. The highest BCUT2D eigenvalue weighted by atomic mass is 16.5. The predicted octanol–water partition coefficient (Wildman–Crippen LogP) is 2.10. The van der Waals surface area contributed by atoms with Crippen molar-refractivity contribution in [2.45, 2.75) is 26.7 Å². The number of amides is 1. The molecule has 25 heavy (non-hydrogen) atoms. The van der Waals surface area contributed by atoms with Gasteiger partial charge in [-0.2, -0.15) is 5.10 Å². The largest absolute Gasteiger partial charge is 0.482 e. The predicted molar refractivity (Wildman–Crippen MR) is 94.0 cm³/mol. The summed E-state index contributed by atoms with van der Waals surface area (Å²) in [7, 11) is 3.62. The second-order valence-electron chi connectivity index (χ2n) is 5.90. The van der Waals surface area contributed by atoms with Gasteiger partial charge in [-0.05, 0) is 50.1 Å². The van der Waals surface area contributed by atoms with Crippen molar-refractivity contribution in [1.29, 1.82) is 0 Å². The van der Waals surface area contributed by atoms with E-state index in [2.05, 4.69) is 5.10 Å². The van der Waals surface area contributed by atoms with Crippen LogP contribution in [0.4, 0.5) is 5.69 Å². The van der Waals surface area contributed by atoms with Crippen LogP contribution in [-0.4, -0.2) is 40.4 Å². The smallest absolute Gasteiger partial charge is 0.341 e. The topological polar surface area (TPSA) is 84.7 Å². The molecule has 0 bridgehead atoms. The van der Waals surface area contributed by atoms with Gasteiger partial charge in [-0.25, -0.2) is 4.79 Å². The SMILES string of the molecule is Cc1nn(C)c(C)c1CCC(=O)N(C)c1ccc(OCC(=O)O)cc1. The van der Waals surface area contributed by atoms with Gasteiger partial charge in [-0.3, -0.25) is 9.48 Å². The zero-order valence-corrected chi connectivity index (χ0v) is 14.9. The lowest BCUT2D eigenvalue weighted by molar-refractivity contribution is -0.139. The third-order valence-corrected chi connectivity index (χ3v) is 4.21. The van der Waals surface area contributed by atoms with Crippen LogP contribution in [0, 0.1) is 13.8 Å². The number of carbonyl (C=O) groups is 2. The summed E-state index contributed by atoms with van der Waals surface area (Å²) in [5.74, 6) is -0.576. The molecule has 0 spiro atoms. The summed E-state index contributed by atoms with van der Waals surface area (Å²) >= 11 is 0. The third-order valence-electron chi connectivity index (χ3n) is 4.21. The molecular weight excluding hydrogens is 322 g/mol. The Morgan fingerprint density at radius 2 is 1.88 bits per heavy atom. The maximum Gasteiger partial charge on any atom is 0.341 e. The molecule has 2 aromatic rings. The van der Waals surface area contributed by atoms with Crippen molar-refractivity contribution in [3.8, 4) is 5.75 Å². The third kappa shape index (κ3) is 4.59. The van der Waals surface area contributed by atoms with Crippen molar-refractivity contribution in [2.24, 2.45) is 7.05 Å².